The first kappa shape index (κ1) is 10.5. The maximum atomic E-state index is 8.58. The summed E-state index contributed by atoms with van der Waals surface area (Å²) in [5.74, 6) is 1.93. The molecule has 3 unspecified atom stereocenters. The first-order chi connectivity index (χ1) is 6.22. The summed E-state index contributed by atoms with van der Waals surface area (Å²) in [4.78, 5) is 0. The molecule has 1 saturated carbocycles. The SMILES string of the molecule is CC(C#N)CNCC1CCC(C)C1. The van der Waals surface area contributed by atoms with Gasteiger partial charge in [0.15, 0.2) is 0 Å². The van der Waals surface area contributed by atoms with Crippen molar-refractivity contribution >= 4 is 0 Å². The van der Waals surface area contributed by atoms with E-state index in [9.17, 15) is 0 Å². The summed E-state index contributed by atoms with van der Waals surface area (Å²) < 4.78 is 0. The van der Waals surface area contributed by atoms with E-state index in [1.54, 1.807) is 0 Å². The van der Waals surface area contributed by atoms with Gasteiger partial charge in [-0.15, -0.1) is 0 Å². The molecule has 0 saturated heterocycles. The van der Waals surface area contributed by atoms with Crippen molar-refractivity contribution < 1.29 is 0 Å². The van der Waals surface area contributed by atoms with E-state index in [2.05, 4.69) is 18.3 Å². The highest BCUT2D eigenvalue weighted by atomic mass is 14.9. The summed E-state index contributed by atoms with van der Waals surface area (Å²) >= 11 is 0. The summed E-state index contributed by atoms with van der Waals surface area (Å²) in [7, 11) is 0. The molecule has 1 fully saturated rings. The minimum absolute atomic E-state index is 0.152. The zero-order chi connectivity index (χ0) is 9.68. The second kappa shape index (κ2) is 5.24. The minimum atomic E-state index is 0.152. The summed E-state index contributed by atoms with van der Waals surface area (Å²) in [6.45, 7) is 6.25. The maximum Gasteiger partial charge on any atom is 0.0666 e. The van der Waals surface area contributed by atoms with Gasteiger partial charge in [0.2, 0.25) is 0 Å². The van der Waals surface area contributed by atoms with Gasteiger partial charge in [0.25, 0.3) is 0 Å². The van der Waals surface area contributed by atoms with E-state index < -0.39 is 0 Å². The normalized spacial score (nSPS) is 29.9. The van der Waals surface area contributed by atoms with Crippen LogP contribution in [-0.4, -0.2) is 13.1 Å². The van der Waals surface area contributed by atoms with Crippen molar-refractivity contribution in [2.24, 2.45) is 17.8 Å². The van der Waals surface area contributed by atoms with Gasteiger partial charge in [-0.1, -0.05) is 13.3 Å². The van der Waals surface area contributed by atoms with Crippen LogP contribution >= 0.6 is 0 Å². The molecule has 0 spiro atoms. The number of nitriles is 1. The van der Waals surface area contributed by atoms with E-state index in [-0.39, 0.29) is 5.92 Å². The lowest BCUT2D eigenvalue weighted by molar-refractivity contribution is 0.458. The van der Waals surface area contributed by atoms with Gasteiger partial charge < -0.3 is 5.32 Å². The summed E-state index contributed by atoms with van der Waals surface area (Å²) in [6, 6.07) is 2.24. The van der Waals surface area contributed by atoms with Crippen LogP contribution in [0.3, 0.4) is 0 Å². The van der Waals surface area contributed by atoms with Gasteiger partial charge in [0.1, 0.15) is 0 Å². The van der Waals surface area contributed by atoms with E-state index >= 15 is 0 Å². The number of nitrogens with zero attached hydrogens (tertiary/aromatic N) is 1. The molecular formula is C11H20N2. The van der Waals surface area contributed by atoms with Crippen molar-refractivity contribution in [1.82, 2.24) is 5.32 Å². The highest BCUT2D eigenvalue weighted by Crippen LogP contribution is 2.29. The van der Waals surface area contributed by atoms with Crippen LogP contribution in [0.15, 0.2) is 0 Å². The number of nitrogens with one attached hydrogen (secondary N) is 1. The van der Waals surface area contributed by atoms with Crippen molar-refractivity contribution in [2.45, 2.75) is 33.1 Å². The topological polar surface area (TPSA) is 35.8 Å². The Morgan fingerprint density at radius 1 is 1.54 bits per heavy atom. The highest BCUT2D eigenvalue weighted by molar-refractivity contribution is 4.81. The van der Waals surface area contributed by atoms with E-state index in [1.165, 1.54) is 19.3 Å². The lowest BCUT2D eigenvalue weighted by Gasteiger charge is -2.11. The van der Waals surface area contributed by atoms with E-state index in [0.717, 1.165) is 24.9 Å². The summed E-state index contributed by atoms with van der Waals surface area (Å²) in [6.07, 6.45) is 4.13. The predicted molar refractivity (Wildman–Crippen MR) is 54.2 cm³/mol. The summed E-state index contributed by atoms with van der Waals surface area (Å²) in [5, 5.41) is 12.0. The van der Waals surface area contributed by atoms with Crippen LogP contribution in [-0.2, 0) is 0 Å². The van der Waals surface area contributed by atoms with Gasteiger partial charge in [-0.2, -0.15) is 5.26 Å². The molecule has 0 heterocycles. The van der Waals surface area contributed by atoms with E-state index in [1.807, 2.05) is 6.92 Å². The Bertz CT molecular complexity index is 183. The molecule has 2 heteroatoms. The van der Waals surface area contributed by atoms with Crippen LogP contribution in [0.1, 0.15) is 33.1 Å². The molecule has 2 nitrogen and oxygen atoms in total. The van der Waals surface area contributed by atoms with Gasteiger partial charge in [-0.3, -0.25) is 0 Å². The highest BCUT2D eigenvalue weighted by Gasteiger charge is 2.20. The Labute approximate surface area is 81.3 Å². The average Bonchev–Trinajstić information content (AvgIpc) is 2.51. The largest absolute Gasteiger partial charge is 0.315 e. The Morgan fingerprint density at radius 3 is 2.85 bits per heavy atom. The fourth-order valence-corrected chi connectivity index (χ4v) is 2.06. The molecule has 3 atom stereocenters. The van der Waals surface area contributed by atoms with Crippen molar-refractivity contribution in [3.63, 3.8) is 0 Å². The molecule has 0 aromatic carbocycles. The number of hydrogen-bond acceptors (Lipinski definition) is 2. The summed E-state index contributed by atoms with van der Waals surface area (Å²) in [5.41, 5.74) is 0. The molecule has 1 aliphatic carbocycles. The van der Waals surface area contributed by atoms with E-state index in [4.69, 9.17) is 5.26 Å². The number of rotatable bonds is 4. The van der Waals surface area contributed by atoms with Crippen LogP contribution in [0, 0.1) is 29.1 Å². The lowest BCUT2D eigenvalue weighted by Crippen LogP contribution is -2.25. The first-order valence-corrected chi connectivity index (χ1v) is 5.32. The first-order valence-electron chi connectivity index (χ1n) is 5.32. The smallest absolute Gasteiger partial charge is 0.0666 e. The third-order valence-corrected chi connectivity index (χ3v) is 2.91. The molecule has 0 amide bonds. The quantitative estimate of drug-likeness (QED) is 0.719. The molecule has 0 aromatic rings. The minimum Gasteiger partial charge on any atom is -0.315 e. The Hall–Kier alpha value is -0.550. The average molecular weight is 180 g/mol. The third-order valence-electron chi connectivity index (χ3n) is 2.91. The molecule has 0 radical (unpaired) electrons. The molecule has 0 aromatic heterocycles. The molecule has 0 aliphatic heterocycles. The third kappa shape index (κ3) is 3.78. The van der Waals surface area contributed by atoms with Crippen LogP contribution in [0.5, 0.6) is 0 Å². The van der Waals surface area contributed by atoms with Crippen molar-refractivity contribution in [3.05, 3.63) is 0 Å². The zero-order valence-corrected chi connectivity index (χ0v) is 8.71. The van der Waals surface area contributed by atoms with Gasteiger partial charge >= 0.3 is 0 Å². The second-order valence-electron chi connectivity index (χ2n) is 4.47. The fraction of sp³-hybridized carbons (Fsp3) is 0.909. The van der Waals surface area contributed by atoms with Crippen LogP contribution in [0.4, 0.5) is 0 Å². The maximum absolute atomic E-state index is 8.58. The fourth-order valence-electron chi connectivity index (χ4n) is 2.06. The molecule has 74 valence electrons. The molecule has 13 heavy (non-hydrogen) atoms. The van der Waals surface area contributed by atoms with Crippen molar-refractivity contribution in [2.75, 3.05) is 13.1 Å². The Kier molecular flexibility index (Phi) is 4.24. The molecule has 1 aliphatic rings. The monoisotopic (exact) mass is 180 g/mol. The molecule has 0 bridgehead atoms. The Balaban J connectivity index is 2.04. The van der Waals surface area contributed by atoms with Gasteiger partial charge in [-0.05, 0) is 38.1 Å². The van der Waals surface area contributed by atoms with Crippen LogP contribution in [0.25, 0.3) is 0 Å². The van der Waals surface area contributed by atoms with Gasteiger partial charge in [0, 0.05) is 6.54 Å². The van der Waals surface area contributed by atoms with Gasteiger partial charge in [-0.25, -0.2) is 0 Å². The van der Waals surface area contributed by atoms with E-state index in [0.29, 0.717) is 0 Å². The zero-order valence-electron chi connectivity index (χ0n) is 8.71. The molecule has 1 rings (SSSR count). The van der Waals surface area contributed by atoms with Crippen molar-refractivity contribution in [3.8, 4) is 6.07 Å². The standard InChI is InChI=1S/C11H20N2/c1-9-3-4-11(5-9)8-13-7-10(2)6-12/h9-11,13H,3-5,7-8H2,1-2H3. The Morgan fingerprint density at radius 2 is 2.31 bits per heavy atom. The second-order valence-corrected chi connectivity index (χ2v) is 4.47. The lowest BCUT2D eigenvalue weighted by atomic mass is 10.1. The molecular weight excluding hydrogens is 160 g/mol. The predicted octanol–water partition coefficient (Wildman–Crippen LogP) is 2.17. The number of hydrogen-bond donors (Lipinski definition) is 1. The van der Waals surface area contributed by atoms with Crippen LogP contribution < -0.4 is 5.32 Å². The van der Waals surface area contributed by atoms with Crippen molar-refractivity contribution in [1.29, 1.82) is 5.26 Å². The van der Waals surface area contributed by atoms with Crippen LogP contribution in [0.2, 0.25) is 0 Å². The molecule has 1 N–H and O–H groups in total. The van der Waals surface area contributed by atoms with Gasteiger partial charge in [0.05, 0.1) is 12.0 Å².